The van der Waals surface area contributed by atoms with Gasteiger partial charge in [0, 0.05) is 0 Å². The molecule has 0 heteroatoms. The fraction of sp³-hybridized carbons (Fsp3) is 1.00. The van der Waals surface area contributed by atoms with Crippen LogP contribution in [0, 0.1) is 17.8 Å². The highest BCUT2D eigenvalue weighted by atomic mass is 14.4. The van der Waals surface area contributed by atoms with Crippen molar-refractivity contribution in [3.05, 3.63) is 0 Å². The predicted octanol–water partition coefficient (Wildman–Crippen LogP) is 7.37. The molecule has 0 aromatic heterocycles. The van der Waals surface area contributed by atoms with Gasteiger partial charge in [0.05, 0.1) is 0 Å². The van der Waals surface area contributed by atoms with E-state index < -0.39 is 0 Å². The molecule has 0 amide bonds. The van der Waals surface area contributed by atoms with E-state index >= 15 is 0 Å². The quantitative estimate of drug-likeness (QED) is 0.291. The van der Waals surface area contributed by atoms with Crippen molar-refractivity contribution in [2.45, 2.75) is 111 Å². The third kappa shape index (κ3) is 9.83. The lowest BCUT2D eigenvalue weighted by molar-refractivity contribution is 0.495. The SMILES string of the molecule is CCCCCCCC1CC1CCCCCCCC(C)C. The van der Waals surface area contributed by atoms with E-state index in [-0.39, 0.29) is 0 Å². The van der Waals surface area contributed by atoms with Gasteiger partial charge < -0.3 is 0 Å². The minimum atomic E-state index is 0.902. The Bertz CT molecular complexity index is 206. The molecule has 0 saturated heterocycles. The van der Waals surface area contributed by atoms with Crippen LogP contribution in [0.4, 0.5) is 0 Å². The molecule has 1 fully saturated rings. The molecule has 2 atom stereocenters. The molecule has 0 aliphatic heterocycles. The Morgan fingerprint density at radius 1 is 0.700 bits per heavy atom. The van der Waals surface area contributed by atoms with Crippen LogP contribution in [0.15, 0.2) is 0 Å². The minimum Gasteiger partial charge on any atom is -0.0654 e. The van der Waals surface area contributed by atoms with Gasteiger partial charge in [0.25, 0.3) is 0 Å². The normalized spacial score (nSPS) is 21.6. The second kappa shape index (κ2) is 11.6. The summed E-state index contributed by atoms with van der Waals surface area (Å²) in [4.78, 5) is 0. The first-order valence-electron chi connectivity index (χ1n) is 9.74. The zero-order valence-corrected chi connectivity index (χ0v) is 14.6. The van der Waals surface area contributed by atoms with E-state index in [0.717, 1.165) is 17.8 Å². The molecule has 120 valence electrons. The highest BCUT2D eigenvalue weighted by molar-refractivity contribution is 4.85. The molecule has 0 N–H and O–H groups in total. The zero-order valence-electron chi connectivity index (χ0n) is 14.6. The van der Waals surface area contributed by atoms with Gasteiger partial charge in [0.15, 0.2) is 0 Å². The summed E-state index contributed by atoms with van der Waals surface area (Å²) >= 11 is 0. The smallest absolute Gasteiger partial charge is 0.0383 e. The predicted molar refractivity (Wildman–Crippen MR) is 92.1 cm³/mol. The number of hydrogen-bond acceptors (Lipinski definition) is 0. The summed E-state index contributed by atoms with van der Waals surface area (Å²) in [6.45, 7) is 6.99. The molecule has 1 rings (SSSR count). The topological polar surface area (TPSA) is 0 Å². The van der Waals surface area contributed by atoms with E-state index in [9.17, 15) is 0 Å². The van der Waals surface area contributed by atoms with Gasteiger partial charge in [-0.3, -0.25) is 0 Å². The molecule has 0 spiro atoms. The molecular formula is C20H40. The first-order chi connectivity index (χ1) is 9.74. The third-order valence-electron chi connectivity index (χ3n) is 5.10. The zero-order chi connectivity index (χ0) is 14.6. The molecule has 1 saturated carbocycles. The van der Waals surface area contributed by atoms with Crippen molar-refractivity contribution in [2.75, 3.05) is 0 Å². The van der Waals surface area contributed by atoms with Crippen molar-refractivity contribution < 1.29 is 0 Å². The summed E-state index contributed by atoms with van der Waals surface area (Å²) in [6.07, 6.45) is 20.8. The Kier molecular flexibility index (Phi) is 10.5. The average molecular weight is 281 g/mol. The van der Waals surface area contributed by atoms with Crippen LogP contribution in [0.25, 0.3) is 0 Å². The highest BCUT2D eigenvalue weighted by Crippen LogP contribution is 2.45. The molecule has 1 aliphatic carbocycles. The van der Waals surface area contributed by atoms with Crippen LogP contribution in [-0.4, -0.2) is 0 Å². The van der Waals surface area contributed by atoms with E-state index in [4.69, 9.17) is 0 Å². The molecule has 0 heterocycles. The second-order valence-electron chi connectivity index (χ2n) is 7.70. The Balaban J connectivity index is 1.76. The standard InChI is InChI=1S/C20H40/c1-4-5-6-8-12-15-19-17-20(19)16-13-10-7-9-11-14-18(2)3/h18-20H,4-17H2,1-3H3. The molecule has 0 nitrogen and oxygen atoms in total. The summed E-state index contributed by atoms with van der Waals surface area (Å²) in [5.74, 6) is 3.17. The fourth-order valence-corrected chi connectivity index (χ4v) is 3.52. The Hall–Kier alpha value is 0. The lowest BCUT2D eigenvalue weighted by Crippen LogP contribution is -1.88. The van der Waals surface area contributed by atoms with E-state index in [2.05, 4.69) is 20.8 Å². The van der Waals surface area contributed by atoms with Crippen molar-refractivity contribution in [3.8, 4) is 0 Å². The maximum atomic E-state index is 2.34. The monoisotopic (exact) mass is 280 g/mol. The molecule has 0 bridgehead atoms. The number of rotatable bonds is 14. The van der Waals surface area contributed by atoms with E-state index in [1.165, 1.54) is 70.6 Å². The maximum Gasteiger partial charge on any atom is -0.0383 e. The summed E-state index contributed by atoms with van der Waals surface area (Å²) in [5, 5.41) is 0. The number of hydrogen-bond donors (Lipinski definition) is 0. The minimum absolute atomic E-state index is 0.902. The van der Waals surface area contributed by atoms with Crippen molar-refractivity contribution in [1.82, 2.24) is 0 Å². The molecule has 0 aromatic rings. The van der Waals surface area contributed by atoms with Crippen molar-refractivity contribution in [2.24, 2.45) is 17.8 Å². The molecular weight excluding hydrogens is 240 g/mol. The second-order valence-corrected chi connectivity index (χ2v) is 7.70. The summed E-state index contributed by atoms with van der Waals surface area (Å²) in [6, 6.07) is 0. The average Bonchev–Trinajstić information content (AvgIpc) is 3.15. The fourth-order valence-electron chi connectivity index (χ4n) is 3.52. The van der Waals surface area contributed by atoms with Crippen LogP contribution in [0.2, 0.25) is 0 Å². The summed E-state index contributed by atoms with van der Waals surface area (Å²) in [5.41, 5.74) is 0. The van der Waals surface area contributed by atoms with Crippen molar-refractivity contribution in [1.29, 1.82) is 0 Å². The van der Waals surface area contributed by atoms with Crippen LogP contribution < -0.4 is 0 Å². The van der Waals surface area contributed by atoms with E-state index in [1.54, 1.807) is 19.3 Å². The van der Waals surface area contributed by atoms with Gasteiger partial charge in [0.1, 0.15) is 0 Å². The lowest BCUT2D eigenvalue weighted by atomic mass is 10.0. The van der Waals surface area contributed by atoms with Gasteiger partial charge in [0.2, 0.25) is 0 Å². The number of unbranched alkanes of at least 4 members (excludes halogenated alkanes) is 8. The van der Waals surface area contributed by atoms with Gasteiger partial charge in [-0.25, -0.2) is 0 Å². The van der Waals surface area contributed by atoms with Gasteiger partial charge in [-0.1, -0.05) is 104 Å². The van der Waals surface area contributed by atoms with Gasteiger partial charge >= 0.3 is 0 Å². The first kappa shape index (κ1) is 18.1. The van der Waals surface area contributed by atoms with Crippen molar-refractivity contribution >= 4 is 0 Å². The lowest BCUT2D eigenvalue weighted by Gasteiger charge is -2.04. The van der Waals surface area contributed by atoms with Crippen LogP contribution >= 0.6 is 0 Å². The summed E-state index contributed by atoms with van der Waals surface area (Å²) in [7, 11) is 0. The molecule has 2 unspecified atom stereocenters. The van der Waals surface area contributed by atoms with E-state index in [1.807, 2.05) is 0 Å². The molecule has 0 aromatic carbocycles. The van der Waals surface area contributed by atoms with Crippen molar-refractivity contribution in [3.63, 3.8) is 0 Å². The summed E-state index contributed by atoms with van der Waals surface area (Å²) < 4.78 is 0. The third-order valence-corrected chi connectivity index (χ3v) is 5.10. The molecule has 0 radical (unpaired) electrons. The van der Waals surface area contributed by atoms with Crippen LogP contribution in [0.1, 0.15) is 111 Å². The van der Waals surface area contributed by atoms with Crippen LogP contribution in [0.3, 0.4) is 0 Å². The van der Waals surface area contributed by atoms with Gasteiger partial charge in [-0.15, -0.1) is 0 Å². The first-order valence-corrected chi connectivity index (χ1v) is 9.74. The molecule has 1 aliphatic rings. The largest absolute Gasteiger partial charge is 0.0654 e. The Labute approximate surface area is 129 Å². The molecule has 20 heavy (non-hydrogen) atoms. The Morgan fingerprint density at radius 3 is 1.75 bits per heavy atom. The van der Waals surface area contributed by atoms with Crippen LogP contribution in [-0.2, 0) is 0 Å². The van der Waals surface area contributed by atoms with E-state index in [0.29, 0.717) is 0 Å². The highest BCUT2D eigenvalue weighted by Gasteiger charge is 2.34. The Morgan fingerprint density at radius 2 is 1.20 bits per heavy atom. The maximum absolute atomic E-state index is 2.34. The van der Waals surface area contributed by atoms with Gasteiger partial charge in [-0.2, -0.15) is 0 Å². The van der Waals surface area contributed by atoms with Crippen LogP contribution in [0.5, 0.6) is 0 Å². The van der Waals surface area contributed by atoms with Gasteiger partial charge in [-0.05, 0) is 24.2 Å².